The smallest absolute Gasteiger partial charge is 0.231 e. The van der Waals surface area contributed by atoms with Crippen molar-refractivity contribution in [3.05, 3.63) is 23.3 Å². The maximum atomic E-state index is 5.54. The zero-order valence-electron chi connectivity index (χ0n) is 11.2. The molecule has 3 N–H and O–H groups in total. The van der Waals surface area contributed by atoms with Crippen LogP contribution in [0.2, 0.25) is 0 Å². The molecule has 2 rings (SSSR count). The molecule has 1 heterocycles. The number of benzene rings is 1. The van der Waals surface area contributed by atoms with Crippen molar-refractivity contribution in [2.75, 3.05) is 19.9 Å². The van der Waals surface area contributed by atoms with Crippen LogP contribution in [-0.4, -0.2) is 19.9 Å². The topological polar surface area (TPSA) is 56.5 Å². The van der Waals surface area contributed by atoms with Crippen LogP contribution in [0.4, 0.5) is 0 Å². The Labute approximate surface area is 108 Å². The number of fused-ring (bicyclic) bond motifs is 1. The second kappa shape index (κ2) is 6.07. The molecule has 0 spiro atoms. The normalized spacial score (nSPS) is 14.8. The van der Waals surface area contributed by atoms with Gasteiger partial charge in [-0.15, -0.1) is 0 Å². The van der Waals surface area contributed by atoms with E-state index in [2.05, 4.69) is 25.2 Å². The number of aryl methyl sites for hydroxylation is 1. The van der Waals surface area contributed by atoms with E-state index in [0.29, 0.717) is 12.7 Å². The lowest BCUT2D eigenvalue weighted by Crippen LogP contribution is -2.22. The Morgan fingerprint density at radius 2 is 2.06 bits per heavy atom. The van der Waals surface area contributed by atoms with E-state index in [1.54, 1.807) is 0 Å². The van der Waals surface area contributed by atoms with Crippen molar-refractivity contribution in [3.63, 3.8) is 0 Å². The number of nitrogens with one attached hydrogen (secondary N) is 1. The third-order valence-corrected chi connectivity index (χ3v) is 3.30. The number of nitrogens with two attached hydrogens (primary N) is 1. The Hall–Kier alpha value is -1.26. The number of rotatable bonds is 6. The van der Waals surface area contributed by atoms with Crippen molar-refractivity contribution in [1.29, 1.82) is 0 Å². The highest BCUT2D eigenvalue weighted by molar-refractivity contribution is 5.48. The van der Waals surface area contributed by atoms with Crippen LogP contribution in [0, 0.1) is 12.8 Å². The van der Waals surface area contributed by atoms with E-state index in [1.165, 1.54) is 11.1 Å². The van der Waals surface area contributed by atoms with Crippen molar-refractivity contribution >= 4 is 0 Å². The van der Waals surface area contributed by atoms with E-state index < -0.39 is 0 Å². The zero-order valence-corrected chi connectivity index (χ0v) is 11.2. The summed E-state index contributed by atoms with van der Waals surface area (Å²) in [6, 6.07) is 4.11. The van der Waals surface area contributed by atoms with Crippen LogP contribution in [0.1, 0.15) is 24.5 Å². The molecule has 0 saturated heterocycles. The molecule has 0 bridgehead atoms. The van der Waals surface area contributed by atoms with E-state index >= 15 is 0 Å². The number of hydrogen-bond acceptors (Lipinski definition) is 4. The average molecular weight is 250 g/mol. The Balaban J connectivity index is 1.90. The molecular weight excluding hydrogens is 228 g/mol. The van der Waals surface area contributed by atoms with Gasteiger partial charge in [0.2, 0.25) is 6.79 Å². The molecule has 4 nitrogen and oxygen atoms in total. The minimum atomic E-state index is 0.333. The molecule has 0 aliphatic carbocycles. The molecule has 0 radical (unpaired) electrons. The Morgan fingerprint density at radius 1 is 1.33 bits per heavy atom. The first-order valence-electron chi connectivity index (χ1n) is 6.50. The van der Waals surface area contributed by atoms with Gasteiger partial charge < -0.3 is 20.5 Å². The fourth-order valence-corrected chi connectivity index (χ4v) is 2.12. The molecule has 0 amide bonds. The molecule has 0 fully saturated rings. The van der Waals surface area contributed by atoms with Crippen LogP contribution in [-0.2, 0) is 6.54 Å². The predicted octanol–water partition coefficient (Wildman–Crippen LogP) is 1.80. The van der Waals surface area contributed by atoms with Crippen LogP contribution in [0.15, 0.2) is 12.1 Å². The molecular formula is C14H22N2O2. The van der Waals surface area contributed by atoms with Crippen LogP contribution in [0.5, 0.6) is 11.5 Å². The summed E-state index contributed by atoms with van der Waals surface area (Å²) in [5, 5.41) is 3.47. The minimum Gasteiger partial charge on any atom is -0.454 e. The van der Waals surface area contributed by atoms with Crippen LogP contribution in [0.25, 0.3) is 0 Å². The maximum Gasteiger partial charge on any atom is 0.231 e. The van der Waals surface area contributed by atoms with Gasteiger partial charge in [0.15, 0.2) is 11.5 Å². The molecule has 1 aliphatic rings. The quantitative estimate of drug-likeness (QED) is 0.808. The van der Waals surface area contributed by atoms with E-state index in [1.807, 2.05) is 6.07 Å². The van der Waals surface area contributed by atoms with Gasteiger partial charge >= 0.3 is 0 Å². The van der Waals surface area contributed by atoms with Gasteiger partial charge in [-0.2, -0.15) is 0 Å². The summed E-state index contributed by atoms with van der Waals surface area (Å²) in [6.45, 7) is 7.25. The van der Waals surface area contributed by atoms with Crippen molar-refractivity contribution in [1.82, 2.24) is 5.32 Å². The SMILES string of the molecule is Cc1cc2c(cc1CNCC(C)CCN)OCO2. The summed E-state index contributed by atoms with van der Waals surface area (Å²) in [5.41, 5.74) is 8.04. The Morgan fingerprint density at radius 3 is 2.78 bits per heavy atom. The van der Waals surface area contributed by atoms with E-state index in [9.17, 15) is 0 Å². The first-order chi connectivity index (χ1) is 8.70. The van der Waals surface area contributed by atoms with Crippen LogP contribution < -0.4 is 20.5 Å². The fourth-order valence-electron chi connectivity index (χ4n) is 2.12. The highest BCUT2D eigenvalue weighted by atomic mass is 16.7. The summed E-state index contributed by atoms with van der Waals surface area (Å²) < 4.78 is 10.7. The van der Waals surface area contributed by atoms with Gasteiger partial charge in [0.1, 0.15) is 0 Å². The molecule has 1 aliphatic heterocycles. The minimum absolute atomic E-state index is 0.333. The molecule has 1 aromatic carbocycles. The molecule has 1 atom stereocenters. The lowest BCUT2D eigenvalue weighted by molar-refractivity contribution is 0.174. The highest BCUT2D eigenvalue weighted by Gasteiger charge is 2.15. The van der Waals surface area contributed by atoms with Gasteiger partial charge in [-0.25, -0.2) is 0 Å². The molecule has 0 saturated carbocycles. The van der Waals surface area contributed by atoms with Crippen LogP contribution >= 0.6 is 0 Å². The number of ether oxygens (including phenoxy) is 2. The summed E-state index contributed by atoms with van der Waals surface area (Å²) in [6.07, 6.45) is 1.06. The molecule has 100 valence electrons. The summed E-state index contributed by atoms with van der Waals surface area (Å²) in [4.78, 5) is 0. The molecule has 0 aromatic heterocycles. The van der Waals surface area contributed by atoms with E-state index in [0.717, 1.165) is 37.6 Å². The van der Waals surface area contributed by atoms with Crippen LogP contribution in [0.3, 0.4) is 0 Å². The lowest BCUT2D eigenvalue weighted by atomic mass is 10.1. The Kier molecular flexibility index (Phi) is 4.44. The van der Waals surface area contributed by atoms with Gasteiger partial charge in [0.25, 0.3) is 0 Å². The largest absolute Gasteiger partial charge is 0.454 e. The standard InChI is InChI=1S/C14H22N2O2/c1-10(3-4-15)7-16-8-12-6-14-13(5-11(12)2)17-9-18-14/h5-6,10,16H,3-4,7-9,15H2,1-2H3. The van der Waals surface area contributed by atoms with Gasteiger partial charge in [0, 0.05) is 6.54 Å². The second-order valence-electron chi connectivity index (χ2n) is 4.95. The molecule has 4 heteroatoms. The third-order valence-electron chi connectivity index (χ3n) is 3.30. The van der Waals surface area contributed by atoms with E-state index in [4.69, 9.17) is 15.2 Å². The Bertz CT molecular complexity index is 407. The summed E-state index contributed by atoms with van der Waals surface area (Å²) in [7, 11) is 0. The second-order valence-corrected chi connectivity index (χ2v) is 4.95. The van der Waals surface area contributed by atoms with Crippen molar-refractivity contribution in [3.8, 4) is 11.5 Å². The van der Waals surface area contributed by atoms with Crippen molar-refractivity contribution < 1.29 is 9.47 Å². The van der Waals surface area contributed by atoms with Crippen molar-refractivity contribution in [2.45, 2.75) is 26.8 Å². The first kappa shape index (κ1) is 13.2. The summed E-state index contributed by atoms with van der Waals surface area (Å²) in [5.74, 6) is 2.32. The van der Waals surface area contributed by atoms with E-state index in [-0.39, 0.29) is 0 Å². The molecule has 18 heavy (non-hydrogen) atoms. The van der Waals surface area contributed by atoms with Gasteiger partial charge in [0.05, 0.1) is 0 Å². The average Bonchev–Trinajstić information content (AvgIpc) is 2.76. The molecule has 1 aromatic rings. The highest BCUT2D eigenvalue weighted by Crippen LogP contribution is 2.34. The number of hydrogen-bond donors (Lipinski definition) is 2. The molecule has 1 unspecified atom stereocenters. The predicted molar refractivity (Wildman–Crippen MR) is 71.8 cm³/mol. The van der Waals surface area contributed by atoms with Crippen molar-refractivity contribution in [2.24, 2.45) is 11.7 Å². The third kappa shape index (κ3) is 3.15. The summed E-state index contributed by atoms with van der Waals surface area (Å²) >= 11 is 0. The maximum absolute atomic E-state index is 5.54. The van der Waals surface area contributed by atoms with Gasteiger partial charge in [-0.3, -0.25) is 0 Å². The van der Waals surface area contributed by atoms with Gasteiger partial charge in [-0.1, -0.05) is 6.92 Å². The fraction of sp³-hybridized carbons (Fsp3) is 0.571. The monoisotopic (exact) mass is 250 g/mol. The van der Waals surface area contributed by atoms with Gasteiger partial charge in [-0.05, 0) is 55.6 Å². The lowest BCUT2D eigenvalue weighted by Gasteiger charge is -2.13. The zero-order chi connectivity index (χ0) is 13.0. The first-order valence-corrected chi connectivity index (χ1v) is 6.50.